The molecular weight excluding hydrogens is 342 g/mol. The SMILES string of the molecule is O=C(NCCSc1ccc(Cl)cc1)C1(O)C[C@@H](O)C(O)[C@H](O)C1. The van der Waals surface area contributed by atoms with Crippen molar-refractivity contribution in [3.8, 4) is 0 Å². The molecular formula is C15H20ClNO5S. The molecule has 1 aliphatic carbocycles. The van der Waals surface area contributed by atoms with Crippen LogP contribution in [0.2, 0.25) is 5.02 Å². The summed E-state index contributed by atoms with van der Waals surface area (Å²) in [6, 6.07) is 7.30. The number of hydrogen-bond acceptors (Lipinski definition) is 6. The maximum Gasteiger partial charge on any atom is 0.252 e. The Labute approximate surface area is 143 Å². The van der Waals surface area contributed by atoms with Crippen molar-refractivity contribution in [3.05, 3.63) is 29.3 Å². The van der Waals surface area contributed by atoms with Gasteiger partial charge in [-0.2, -0.15) is 0 Å². The predicted molar refractivity (Wildman–Crippen MR) is 87.4 cm³/mol. The lowest BCUT2D eigenvalue weighted by atomic mass is 9.79. The van der Waals surface area contributed by atoms with Crippen LogP contribution in [0.4, 0.5) is 0 Å². The van der Waals surface area contributed by atoms with Crippen molar-refractivity contribution in [2.75, 3.05) is 12.3 Å². The molecule has 1 aliphatic rings. The average molecular weight is 362 g/mol. The van der Waals surface area contributed by atoms with Gasteiger partial charge in [0.15, 0.2) is 0 Å². The molecule has 1 aromatic rings. The first-order valence-corrected chi connectivity index (χ1v) is 8.61. The van der Waals surface area contributed by atoms with Crippen molar-refractivity contribution >= 4 is 29.3 Å². The molecule has 0 aromatic heterocycles. The molecule has 0 radical (unpaired) electrons. The van der Waals surface area contributed by atoms with E-state index in [1.807, 2.05) is 12.1 Å². The number of carbonyl (C=O) groups excluding carboxylic acids is 1. The van der Waals surface area contributed by atoms with Gasteiger partial charge in [0.1, 0.15) is 11.7 Å². The molecule has 8 heteroatoms. The summed E-state index contributed by atoms with van der Waals surface area (Å²) >= 11 is 7.32. The second-order valence-corrected chi connectivity index (χ2v) is 7.23. The Morgan fingerprint density at radius 3 is 2.35 bits per heavy atom. The largest absolute Gasteiger partial charge is 0.390 e. The number of nitrogens with one attached hydrogen (secondary N) is 1. The fourth-order valence-electron chi connectivity index (χ4n) is 2.49. The van der Waals surface area contributed by atoms with Crippen LogP contribution in [0.5, 0.6) is 0 Å². The zero-order valence-electron chi connectivity index (χ0n) is 12.4. The van der Waals surface area contributed by atoms with Crippen molar-refractivity contribution in [2.45, 2.75) is 41.7 Å². The van der Waals surface area contributed by atoms with Gasteiger partial charge in [-0.25, -0.2) is 0 Å². The Morgan fingerprint density at radius 1 is 1.22 bits per heavy atom. The molecule has 0 spiro atoms. The summed E-state index contributed by atoms with van der Waals surface area (Å²) in [7, 11) is 0. The van der Waals surface area contributed by atoms with Gasteiger partial charge >= 0.3 is 0 Å². The van der Waals surface area contributed by atoms with Crippen LogP contribution >= 0.6 is 23.4 Å². The number of halogens is 1. The first-order chi connectivity index (χ1) is 10.8. The lowest BCUT2D eigenvalue weighted by Gasteiger charge is -2.39. The molecule has 0 bridgehead atoms. The molecule has 6 nitrogen and oxygen atoms in total. The van der Waals surface area contributed by atoms with E-state index in [0.717, 1.165) is 4.90 Å². The Kier molecular flexibility index (Phi) is 6.30. The van der Waals surface area contributed by atoms with Crippen molar-refractivity contribution < 1.29 is 25.2 Å². The van der Waals surface area contributed by atoms with E-state index >= 15 is 0 Å². The number of aliphatic hydroxyl groups is 4. The Morgan fingerprint density at radius 2 is 1.78 bits per heavy atom. The van der Waals surface area contributed by atoms with E-state index in [-0.39, 0.29) is 12.8 Å². The van der Waals surface area contributed by atoms with Gasteiger partial charge < -0.3 is 25.7 Å². The number of aliphatic hydroxyl groups excluding tert-OH is 3. The average Bonchev–Trinajstić information content (AvgIpc) is 2.50. The van der Waals surface area contributed by atoms with Crippen molar-refractivity contribution in [3.63, 3.8) is 0 Å². The highest BCUT2D eigenvalue weighted by atomic mass is 35.5. The highest BCUT2D eigenvalue weighted by Crippen LogP contribution is 2.29. The normalized spacial score (nSPS) is 30.9. The molecule has 1 aromatic carbocycles. The van der Waals surface area contributed by atoms with Gasteiger partial charge in [-0.05, 0) is 24.3 Å². The number of amides is 1. The third kappa shape index (κ3) is 4.82. The van der Waals surface area contributed by atoms with Gasteiger partial charge in [0.05, 0.1) is 12.2 Å². The zero-order chi connectivity index (χ0) is 17.0. The molecule has 23 heavy (non-hydrogen) atoms. The van der Waals surface area contributed by atoms with Crippen LogP contribution in [-0.4, -0.2) is 62.5 Å². The number of benzene rings is 1. The van der Waals surface area contributed by atoms with Gasteiger partial charge in [-0.1, -0.05) is 11.6 Å². The van der Waals surface area contributed by atoms with Crippen molar-refractivity contribution in [2.24, 2.45) is 0 Å². The van der Waals surface area contributed by atoms with Crippen LogP contribution in [0, 0.1) is 0 Å². The number of thioether (sulfide) groups is 1. The van der Waals surface area contributed by atoms with Crippen molar-refractivity contribution in [1.82, 2.24) is 5.32 Å². The first kappa shape index (κ1) is 18.5. The van der Waals surface area contributed by atoms with E-state index in [0.29, 0.717) is 17.3 Å². The minimum Gasteiger partial charge on any atom is -0.390 e. The fraction of sp³-hybridized carbons (Fsp3) is 0.533. The summed E-state index contributed by atoms with van der Waals surface area (Å²) in [5, 5.41) is 42.2. The monoisotopic (exact) mass is 361 g/mol. The lowest BCUT2D eigenvalue weighted by molar-refractivity contribution is -0.172. The second-order valence-electron chi connectivity index (χ2n) is 5.62. The van der Waals surface area contributed by atoms with Crippen molar-refractivity contribution in [1.29, 1.82) is 0 Å². The van der Waals surface area contributed by atoms with E-state index in [2.05, 4.69) is 5.32 Å². The molecule has 0 saturated heterocycles. The topological polar surface area (TPSA) is 110 Å². The molecule has 0 aliphatic heterocycles. The van der Waals surface area contributed by atoms with Crippen LogP contribution in [-0.2, 0) is 4.79 Å². The van der Waals surface area contributed by atoms with E-state index in [1.54, 1.807) is 12.1 Å². The summed E-state index contributed by atoms with van der Waals surface area (Å²) in [5.74, 6) is -0.0591. The lowest BCUT2D eigenvalue weighted by Crippen LogP contribution is -2.59. The molecule has 5 N–H and O–H groups in total. The molecule has 0 heterocycles. The van der Waals surface area contributed by atoms with Gasteiger partial charge in [-0.15, -0.1) is 11.8 Å². The van der Waals surface area contributed by atoms with Gasteiger partial charge in [0.25, 0.3) is 5.91 Å². The minimum atomic E-state index is -1.87. The summed E-state index contributed by atoms with van der Waals surface area (Å²) in [5.41, 5.74) is -1.87. The summed E-state index contributed by atoms with van der Waals surface area (Å²) in [6.45, 7) is 0.323. The second kappa shape index (κ2) is 7.83. The Hall–Kier alpha value is -0.830. The Balaban J connectivity index is 1.79. The van der Waals surface area contributed by atoms with E-state index in [1.165, 1.54) is 11.8 Å². The zero-order valence-corrected chi connectivity index (χ0v) is 13.9. The van der Waals surface area contributed by atoms with Gasteiger partial charge in [0.2, 0.25) is 0 Å². The molecule has 1 fully saturated rings. The smallest absolute Gasteiger partial charge is 0.252 e. The van der Waals surface area contributed by atoms with E-state index < -0.39 is 29.8 Å². The maximum atomic E-state index is 12.1. The molecule has 1 amide bonds. The molecule has 2 atom stereocenters. The number of carbonyl (C=O) groups is 1. The molecule has 2 rings (SSSR count). The number of hydrogen-bond donors (Lipinski definition) is 5. The quantitative estimate of drug-likeness (QED) is 0.377. The van der Waals surface area contributed by atoms with Gasteiger partial charge in [0, 0.05) is 35.1 Å². The Bertz CT molecular complexity index is 529. The maximum absolute atomic E-state index is 12.1. The minimum absolute atomic E-state index is 0.304. The van der Waals surface area contributed by atoms with Crippen LogP contribution in [0.1, 0.15) is 12.8 Å². The molecule has 128 valence electrons. The third-order valence-corrected chi connectivity index (χ3v) is 5.04. The standard InChI is InChI=1S/C15H20ClNO5S/c16-9-1-3-10(4-2-9)23-6-5-17-14(21)15(22)7-11(18)13(20)12(19)8-15/h1-4,11-13,18-20,22H,5-8H2,(H,17,21)/t11-,12-,13?,15?/m1/s1. The van der Waals surface area contributed by atoms with E-state index in [4.69, 9.17) is 11.6 Å². The van der Waals surface area contributed by atoms with E-state index in [9.17, 15) is 25.2 Å². The molecule has 1 saturated carbocycles. The molecule has 0 unspecified atom stereocenters. The van der Waals surface area contributed by atoms with Crippen LogP contribution in [0.15, 0.2) is 29.2 Å². The number of rotatable bonds is 5. The predicted octanol–water partition coefficient (Wildman–Crippen LogP) is 0.156. The summed E-state index contributed by atoms with van der Waals surface area (Å²) < 4.78 is 0. The van der Waals surface area contributed by atoms with Crippen LogP contribution < -0.4 is 5.32 Å². The summed E-state index contributed by atoms with van der Waals surface area (Å²) in [4.78, 5) is 13.1. The third-order valence-electron chi connectivity index (χ3n) is 3.77. The summed E-state index contributed by atoms with van der Waals surface area (Å²) in [6.07, 6.45) is -4.62. The highest BCUT2D eigenvalue weighted by Gasteiger charge is 2.48. The first-order valence-electron chi connectivity index (χ1n) is 7.25. The highest BCUT2D eigenvalue weighted by molar-refractivity contribution is 7.99. The van der Waals surface area contributed by atoms with Crippen LogP contribution in [0.25, 0.3) is 0 Å². The van der Waals surface area contributed by atoms with Crippen LogP contribution in [0.3, 0.4) is 0 Å². The fourth-order valence-corrected chi connectivity index (χ4v) is 3.38. The van der Waals surface area contributed by atoms with Gasteiger partial charge in [-0.3, -0.25) is 4.79 Å².